The molecule has 1 aliphatic carbocycles. The molecule has 0 spiro atoms. The number of hydrogen-bond acceptors (Lipinski definition) is 5. The summed E-state index contributed by atoms with van der Waals surface area (Å²) in [5.74, 6) is 1.40. The summed E-state index contributed by atoms with van der Waals surface area (Å²) in [6.45, 7) is 6.25. The van der Waals surface area contributed by atoms with Crippen molar-refractivity contribution < 1.29 is 9.59 Å². The second kappa shape index (κ2) is 11.2. The standard InChI is InChI=1S/C23H32ClN5O2S/c1-14(2)20(26-22(31)16-9-11-17(24)12-10-16)21-27-28-23(29(21)4)32-13-19(30)25-18-8-6-5-7-15(18)3/h9-12,14-15,18,20H,5-8,13H2,1-4H3,(H,25,30)(H,26,31)/t15-,18+,20-/m0/s1. The van der Waals surface area contributed by atoms with Gasteiger partial charge in [-0.3, -0.25) is 9.59 Å². The van der Waals surface area contributed by atoms with Crippen LogP contribution >= 0.6 is 23.4 Å². The Balaban J connectivity index is 1.62. The van der Waals surface area contributed by atoms with Crippen LogP contribution < -0.4 is 10.6 Å². The van der Waals surface area contributed by atoms with Crippen molar-refractivity contribution in [2.45, 2.75) is 63.7 Å². The van der Waals surface area contributed by atoms with E-state index >= 15 is 0 Å². The van der Waals surface area contributed by atoms with Gasteiger partial charge in [-0.2, -0.15) is 0 Å². The maximum Gasteiger partial charge on any atom is 0.251 e. The highest BCUT2D eigenvalue weighted by Crippen LogP contribution is 2.26. The first-order valence-corrected chi connectivity index (χ1v) is 12.5. The first-order valence-electron chi connectivity index (χ1n) is 11.1. The van der Waals surface area contributed by atoms with Gasteiger partial charge in [0.2, 0.25) is 5.91 Å². The molecule has 32 heavy (non-hydrogen) atoms. The Morgan fingerprint density at radius 3 is 2.53 bits per heavy atom. The third kappa shape index (κ3) is 6.25. The maximum atomic E-state index is 12.7. The average molecular weight is 478 g/mol. The molecule has 1 aliphatic rings. The van der Waals surface area contributed by atoms with E-state index in [9.17, 15) is 9.59 Å². The molecule has 1 saturated carbocycles. The molecular weight excluding hydrogens is 446 g/mol. The number of benzene rings is 1. The Hall–Kier alpha value is -2.06. The van der Waals surface area contributed by atoms with Gasteiger partial charge in [0.15, 0.2) is 11.0 Å². The second-order valence-electron chi connectivity index (χ2n) is 8.83. The van der Waals surface area contributed by atoms with Crippen molar-refractivity contribution in [2.24, 2.45) is 18.9 Å². The molecule has 3 atom stereocenters. The molecule has 7 nitrogen and oxygen atoms in total. The van der Waals surface area contributed by atoms with Gasteiger partial charge >= 0.3 is 0 Å². The Morgan fingerprint density at radius 1 is 1.19 bits per heavy atom. The molecule has 1 aromatic heterocycles. The Kier molecular flexibility index (Phi) is 8.59. The number of carbonyl (C=O) groups is 2. The predicted octanol–water partition coefficient (Wildman–Crippen LogP) is 4.38. The first-order chi connectivity index (χ1) is 15.3. The van der Waals surface area contributed by atoms with Crippen LogP contribution in [0.15, 0.2) is 29.4 Å². The number of nitrogens with one attached hydrogen (secondary N) is 2. The molecule has 9 heteroatoms. The smallest absolute Gasteiger partial charge is 0.251 e. The summed E-state index contributed by atoms with van der Waals surface area (Å²) >= 11 is 7.28. The molecule has 0 unspecified atom stereocenters. The third-order valence-corrected chi connectivity index (χ3v) is 7.27. The number of nitrogens with zero attached hydrogens (tertiary/aromatic N) is 3. The van der Waals surface area contributed by atoms with Crippen LogP contribution in [0.5, 0.6) is 0 Å². The number of amides is 2. The molecule has 2 N–H and O–H groups in total. The monoisotopic (exact) mass is 477 g/mol. The van der Waals surface area contributed by atoms with Gasteiger partial charge in [0.25, 0.3) is 5.91 Å². The number of hydrogen-bond donors (Lipinski definition) is 2. The average Bonchev–Trinajstić information content (AvgIpc) is 3.12. The van der Waals surface area contributed by atoms with Crippen molar-refractivity contribution in [3.63, 3.8) is 0 Å². The lowest BCUT2D eigenvalue weighted by atomic mass is 9.86. The van der Waals surface area contributed by atoms with Crippen molar-refractivity contribution in [3.05, 3.63) is 40.7 Å². The van der Waals surface area contributed by atoms with Crippen molar-refractivity contribution in [3.8, 4) is 0 Å². The molecule has 174 valence electrons. The summed E-state index contributed by atoms with van der Waals surface area (Å²) in [6.07, 6.45) is 4.64. The lowest BCUT2D eigenvalue weighted by Gasteiger charge is -2.29. The highest BCUT2D eigenvalue weighted by atomic mass is 35.5. The Labute approximate surface area is 199 Å². The number of carbonyl (C=O) groups excluding carboxylic acids is 2. The zero-order valence-electron chi connectivity index (χ0n) is 19.1. The fourth-order valence-electron chi connectivity index (χ4n) is 3.99. The summed E-state index contributed by atoms with van der Waals surface area (Å²) in [7, 11) is 1.86. The summed E-state index contributed by atoms with van der Waals surface area (Å²) in [5.41, 5.74) is 0.533. The molecule has 0 saturated heterocycles. The fourth-order valence-corrected chi connectivity index (χ4v) is 4.84. The first kappa shape index (κ1) is 24.6. The molecule has 1 fully saturated rings. The van der Waals surface area contributed by atoms with Crippen LogP contribution in [-0.2, 0) is 11.8 Å². The zero-order chi connectivity index (χ0) is 23.3. The summed E-state index contributed by atoms with van der Waals surface area (Å²) in [6, 6.07) is 6.72. The molecular formula is C23H32ClN5O2S. The topological polar surface area (TPSA) is 88.9 Å². The van der Waals surface area contributed by atoms with Gasteiger partial charge in [0, 0.05) is 23.7 Å². The zero-order valence-corrected chi connectivity index (χ0v) is 20.7. The van der Waals surface area contributed by atoms with E-state index in [1.807, 2.05) is 25.5 Å². The van der Waals surface area contributed by atoms with Crippen LogP contribution in [0.4, 0.5) is 0 Å². The van der Waals surface area contributed by atoms with Gasteiger partial charge in [-0.25, -0.2) is 0 Å². The van der Waals surface area contributed by atoms with Crippen molar-refractivity contribution in [1.29, 1.82) is 0 Å². The molecule has 0 radical (unpaired) electrons. The highest BCUT2D eigenvalue weighted by Gasteiger charge is 2.26. The normalized spacial score (nSPS) is 19.6. The van der Waals surface area contributed by atoms with Crippen molar-refractivity contribution >= 4 is 35.2 Å². The van der Waals surface area contributed by atoms with Gasteiger partial charge in [0.1, 0.15) is 0 Å². The third-order valence-electron chi connectivity index (χ3n) is 6.00. The van der Waals surface area contributed by atoms with E-state index in [-0.39, 0.29) is 29.8 Å². The van der Waals surface area contributed by atoms with E-state index in [0.29, 0.717) is 33.2 Å². The lowest BCUT2D eigenvalue weighted by molar-refractivity contribution is -0.119. The molecule has 1 heterocycles. The van der Waals surface area contributed by atoms with Gasteiger partial charge < -0.3 is 15.2 Å². The van der Waals surface area contributed by atoms with Crippen LogP contribution in [-0.4, -0.2) is 38.4 Å². The van der Waals surface area contributed by atoms with E-state index < -0.39 is 0 Å². The molecule has 3 rings (SSSR count). The number of thioether (sulfide) groups is 1. The minimum atomic E-state index is -0.318. The number of aromatic nitrogens is 3. The Bertz CT molecular complexity index is 931. The van der Waals surface area contributed by atoms with Gasteiger partial charge in [0.05, 0.1) is 11.8 Å². The minimum absolute atomic E-state index is 0.0229. The predicted molar refractivity (Wildman–Crippen MR) is 128 cm³/mol. The van der Waals surface area contributed by atoms with E-state index in [1.165, 1.54) is 31.0 Å². The van der Waals surface area contributed by atoms with E-state index in [0.717, 1.165) is 6.42 Å². The maximum absolute atomic E-state index is 12.7. The van der Waals surface area contributed by atoms with E-state index in [1.54, 1.807) is 24.3 Å². The second-order valence-corrected chi connectivity index (χ2v) is 10.2. The molecule has 2 amide bonds. The minimum Gasteiger partial charge on any atom is -0.352 e. The molecule has 1 aromatic carbocycles. The van der Waals surface area contributed by atoms with Gasteiger partial charge in [-0.1, -0.05) is 57.0 Å². The van der Waals surface area contributed by atoms with Crippen LogP contribution in [0.25, 0.3) is 0 Å². The van der Waals surface area contributed by atoms with Crippen LogP contribution in [0.2, 0.25) is 5.02 Å². The SMILES string of the molecule is CC(C)[C@H](NC(=O)c1ccc(Cl)cc1)c1nnc(SCC(=O)N[C@@H]2CCCC[C@@H]2C)n1C. The number of rotatable bonds is 8. The largest absolute Gasteiger partial charge is 0.352 e. The quantitative estimate of drug-likeness (QED) is 0.550. The lowest BCUT2D eigenvalue weighted by Crippen LogP contribution is -2.41. The van der Waals surface area contributed by atoms with Gasteiger partial charge in [-0.15, -0.1) is 10.2 Å². The van der Waals surface area contributed by atoms with E-state index in [4.69, 9.17) is 11.6 Å². The number of halogens is 1. The van der Waals surface area contributed by atoms with Crippen molar-refractivity contribution in [1.82, 2.24) is 25.4 Å². The van der Waals surface area contributed by atoms with Crippen LogP contribution in [0.1, 0.15) is 68.7 Å². The highest BCUT2D eigenvalue weighted by molar-refractivity contribution is 7.99. The van der Waals surface area contributed by atoms with Crippen molar-refractivity contribution in [2.75, 3.05) is 5.75 Å². The summed E-state index contributed by atoms with van der Waals surface area (Å²) < 4.78 is 1.86. The molecule has 2 aromatic rings. The fraction of sp³-hybridized carbons (Fsp3) is 0.565. The molecule has 0 aliphatic heterocycles. The van der Waals surface area contributed by atoms with Gasteiger partial charge in [-0.05, 0) is 48.9 Å². The van der Waals surface area contributed by atoms with E-state index in [2.05, 4.69) is 27.8 Å². The van der Waals surface area contributed by atoms with Crippen LogP contribution in [0.3, 0.4) is 0 Å². The Morgan fingerprint density at radius 2 is 1.88 bits per heavy atom. The van der Waals surface area contributed by atoms with Crippen LogP contribution in [0, 0.1) is 11.8 Å². The summed E-state index contributed by atoms with van der Waals surface area (Å²) in [5, 5.41) is 16.1. The molecule has 0 bridgehead atoms. The summed E-state index contributed by atoms with van der Waals surface area (Å²) in [4.78, 5) is 25.2.